The highest BCUT2D eigenvalue weighted by molar-refractivity contribution is 5.68. The Kier molecular flexibility index (Phi) is 3.69. The van der Waals surface area contributed by atoms with Crippen molar-refractivity contribution in [3.8, 4) is 11.8 Å². The highest BCUT2D eigenvalue weighted by Gasteiger charge is 2.40. The first-order valence-corrected chi connectivity index (χ1v) is 6.77. The minimum atomic E-state index is -1.17. The van der Waals surface area contributed by atoms with E-state index < -0.39 is 35.9 Å². The molecule has 0 aromatic carbocycles. The molecule has 0 spiro atoms. The van der Waals surface area contributed by atoms with Gasteiger partial charge in [-0.3, -0.25) is 9.78 Å². The Bertz CT molecular complexity index is 916. The maximum atomic E-state index is 12.0. The van der Waals surface area contributed by atoms with Crippen LogP contribution < -0.4 is 17.0 Å². The third-order valence-corrected chi connectivity index (χ3v) is 3.51. The van der Waals surface area contributed by atoms with E-state index in [4.69, 9.17) is 14.9 Å². The van der Waals surface area contributed by atoms with Gasteiger partial charge in [-0.2, -0.15) is 4.98 Å². The number of aliphatic hydroxyl groups is 2. The summed E-state index contributed by atoms with van der Waals surface area (Å²) in [6.07, 6.45) is -4.14. The topological polar surface area (TPSA) is 157 Å². The lowest BCUT2D eigenvalue weighted by molar-refractivity contribution is -0.0640. The van der Waals surface area contributed by atoms with Crippen LogP contribution in [0.4, 0.5) is 5.95 Å². The van der Waals surface area contributed by atoms with Crippen LogP contribution in [0, 0.1) is 11.8 Å². The highest BCUT2D eigenvalue weighted by Crippen LogP contribution is 2.31. The Morgan fingerprint density at radius 1 is 1.52 bits per heavy atom. The van der Waals surface area contributed by atoms with Crippen LogP contribution in [0.5, 0.6) is 0 Å². The Balaban J connectivity index is 2.07. The van der Waals surface area contributed by atoms with E-state index in [1.807, 2.05) is 0 Å². The molecule has 122 valence electrons. The van der Waals surface area contributed by atoms with Gasteiger partial charge in [0.2, 0.25) is 11.5 Å². The van der Waals surface area contributed by atoms with Crippen molar-refractivity contribution in [1.29, 1.82) is 0 Å². The number of nitrogens with two attached hydrogens (primary N) is 1. The van der Waals surface area contributed by atoms with Crippen molar-refractivity contribution < 1.29 is 19.4 Å². The van der Waals surface area contributed by atoms with Gasteiger partial charge in [0, 0.05) is 6.42 Å². The van der Waals surface area contributed by atoms with E-state index in [0.717, 1.165) is 4.57 Å². The Hall–Kier alpha value is -2.61. The number of aromatic amines is 1. The molecule has 4 atom stereocenters. The summed E-state index contributed by atoms with van der Waals surface area (Å²) >= 11 is 0. The van der Waals surface area contributed by atoms with Gasteiger partial charge in [0.25, 0.3) is 5.56 Å². The van der Waals surface area contributed by atoms with Crippen molar-refractivity contribution in [3.05, 3.63) is 20.9 Å². The monoisotopic (exact) mass is 322 g/mol. The fourth-order valence-corrected chi connectivity index (χ4v) is 2.53. The summed E-state index contributed by atoms with van der Waals surface area (Å²) in [7, 11) is 0. The second kappa shape index (κ2) is 5.54. The van der Waals surface area contributed by atoms with Crippen LogP contribution in [0.25, 0.3) is 11.2 Å². The lowest BCUT2D eigenvalue weighted by Gasteiger charge is -2.16. The number of nitrogens with zero attached hydrogens (tertiary/aromatic N) is 2. The van der Waals surface area contributed by atoms with Crippen molar-refractivity contribution >= 4 is 17.2 Å². The summed E-state index contributed by atoms with van der Waals surface area (Å²) in [6, 6.07) is 0. The fraction of sp³-hybridized carbons (Fsp3) is 0.462. The molecule has 1 aliphatic heterocycles. The van der Waals surface area contributed by atoms with Gasteiger partial charge < -0.3 is 25.1 Å². The number of H-pyrrole nitrogens is 1. The molecule has 1 aliphatic rings. The molecule has 10 nitrogen and oxygen atoms in total. The molecule has 5 N–H and O–H groups in total. The van der Waals surface area contributed by atoms with Gasteiger partial charge in [-0.25, -0.2) is 9.36 Å². The molecule has 2 aromatic rings. The van der Waals surface area contributed by atoms with Crippen LogP contribution in [-0.2, 0) is 4.74 Å². The number of aromatic nitrogens is 3. The number of anilines is 1. The predicted molar refractivity (Wildman–Crippen MR) is 77.3 cm³/mol. The van der Waals surface area contributed by atoms with E-state index in [-0.39, 0.29) is 23.6 Å². The Morgan fingerprint density at radius 3 is 2.96 bits per heavy atom. The van der Waals surface area contributed by atoms with Crippen molar-refractivity contribution in [3.63, 3.8) is 0 Å². The zero-order chi connectivity index (χ0) is 16.7. The number of fused-ring (bicyclic) bond motifs is 1. The van der Waals surface area contributed by atoms with E-state index in [1.54, 1.807) is 6.92 Å². The summed E-state index contributed by atoms with van der Waals surface area (Å²) in [4.78, 5) is 29.8. The second-order valence-electron chi connectivity index (χ2n) is 5.05. The maximum absolute atomic E-state index is 12.0. The number of oxazole rings is 1. The van der Waals surface area contributed by atoms with Crippen LogP contribution >= 0.6 is 0 Å². The summed E-state index contributed by atoms with van der Waals surface area (Å²) in [5.41, 5.74) is 4.28. The maximum Gasteiger partial charge on any atom is 0.423 e. The SMILES string of the molecule is CC#CC(O)C1CC(O)C(n2c(=O)oc3c(=O)[nH]c(N)nc32)O1. The van der Waals surface area contributed by atoms with Gasteiger partial charge in [-0.1, -0.05) is 5.92 Å². The Morgan fingerprint density at radius 2 is 2.26 bits per heavy atom. The van der Waals surface area contributed by atoms with E-state index in [9.17, 15) is 19.8 Å². The predicted octanol–water partition coefficient (Wildman–Crippen LogP) is -1.71. The van der Waals surface area contributed by atoms with Crippen molar-refractivity contribution in [2.24, 2.45) is 0 Å². The Labute approximate surface area is 128 Å². The third-order valence-electron chi connectivity index (χ3n) is 3.51. The summed E-state index contributed by atoms with van der Waals surface area (Å²) in [5, 5.41) is 20.0. The van der Waals surface area contributed by atoms with Gasteiger partial charge in [-0.15, -0.1) is 5.92 Å². The fourth-order valence-electron chi connectivity index (χ4n) is 2.53. The molecule has 23 heavy (non-hydrogen) atoms. The lowest BCUT2D eigenvalue weighted by atomic mass is 10.1. The van der Waals surface area contributed by atoms with Crippen LogP contribution in [0.3, 0.4) is 0 Å². The average Bonchev–Trinajstić information content (AvgIpc) is 2.99. The molecule has 2 aromatic heterocycles. The third kappa shape index (κ3) is 2.50. The zero-order valence-electron chi connectivity index (χ0n) is 12.0. The summed E-state index contributed by atoms with van der Waals surface area (Å²) < 4.78 is 11.3. The second-order valence-corrected chi connectivity index (χ2v) is 5.05. The number of rotatable bonds is 2. The van der Waals surface area contributed by atoms with Crippen LogP contribution in [0.2, 0.25) is 0 Å². The molecule has 0 bridgehead atoms. The quantitative estimate of drug-likeness (QED) is 0.476. The van der Waals surface area contributed by atoms with Gasteiger partial charge >= 0.3 is 5.76 Å². The highest BCUT2D eigenvalue weighted by atomic mass is 16.5. The summed E-state index contributed by atoms with van der Waals surface area (Å²) in [6.45, 7) is 1.55. The molecular weight excluding hydrogens is 308 g/mol. The van der Waals surface area contributed by atoms with Crippen molar-refractivity contribution in [2.45, 2.75) is 37.9 Å². The van der Waals surface area contributed by atoms with Gasteiger partial charge in [0.1, 0.15) is 18.3 Å². The molecule has 3 heterocycles. The number of nitrogen functional groups attached to an aromatic ring is 1. The molecule has 3 rings (SSSR count). The van der Waals surface area contributed by atoms with Crippen molar-refractivity contribution in [2.75, 3.05) is 5.73 Å². The van der Waals surface area contributed by atoms with Crippen LogP contribution in [-0.4, -0.2) is 43.1 Å². The molecule has 1 fully saturated rings. The van der Waals surface area contributed by atoms with Gasteiger partial charge in [0.05, 0.1) is 0 Å². The number of ether oxygens (including phenoxy) is 1. The zero-order valence-corrected chi connectivity index (χ0v) is 12.0. The minimum absolute atomic E-state index is 0.0539. The number of hydrogen-bond donors (Lipinski definition) is 4. The van der Waals surface area contributed by atoms with Crippen molar-refractivity contribution in [1.82, 2.24) is 14.5 Å². The minimum Gasteiger partial charge on any atom is -0.400 e. The van der Waals surface area contributed by atoms with Gasteiger partial charge in [0.15, 0.2) is 11.9 Å². The molecule has 0 amide bonds. The normalized spacial score (nSPS) is 25.3. The first-order valence-electron chi connectivity index (χ1n) is 6.77. The van der Waals surface area contributed by atoms with E-state index in [1.165, 1.54) is 0 Å². The van der Waals surface area contributed by atoms with Gasteiger partial charge in [-0.05, 0) is 6.92 Å². The summed E-state index contributed by atoms with van der Waals surface area (Å²) in [5.74, 6) is 3.92. The molecule has 0 aliphatic carbocycles. The number of aliphatic hydroxyl groups excluding tert-OH is 2. The van der Waals surface area contributed by atoms with Crippen LogP contribution in [0.1, 0.15) is 19.6 Å². The molecule has 4 unspecified atom stereocenters. The number of nitrogens with one attached hydrogen (secondary N) is 1. The smallest absolute Gasteiger partial charge is 0.400 e. The lowest BCUT2D eigenvalue weighted by Crippen LogP contribution is -2.28. The molecule has 0 radical (unpaired) electrons. The molecule has 0 saturated carbocycles. The first kappa shape index (κ1) is 15.3. The average molecular weight is 322 g/mol. The standard InChI is InChI=1S/C13H14N4O6/c1-2-3-5(18)7-4-6(19)11(22-7)17-9-8(23-13(17)21)10(20)16-12(14)15-9/h5-7,11,18-19H,4H2,1H3,(H3,14,15,16,20). The number of hydrogen-bond acceptors (Lipinski definition) is 8. The van der Waals surface area contributed by atoms with Crippen LogP contribution in [0.15, 0.2) is 14.0 Å². The largest absolute Gasteiger partial charge is 0.423 e. The van der Waals surface area contributed by atoms with E-state index in [2.05, 4.69) is 21.8 Å². The first-order chi connectivity index (χ1) is 10.9. The van der Waals surface area contributed by atoms with E-state index in [0.29, 0.717) is 0 Å². The molecule has 10 heteroatoms. The molecular formula is C13H14N4O6. The van der Waals surface area contributed by atoms with E-state index >= 15 is 0 Å². The molecule has 1 saturated heterocycles.